The van der Waals surface area contributed by atoms with Gasteiger partial charge in [-0.1, -0.05) is 12.1 Å². The predicted molar refractivity (Wildman–Crippen MR) is 104 cm³/mol. The summed E-state index contributed by atoms with van der Waals surface area (Å²) in [5, 5.41) is 2.63. The third-order valence-electron chi connectivity index (χ3n) is 3.31. The van der Waals surface area contributed by atoms with Gasteiger partial charge in [0.15, 0.2) is 13.2 Å². The van der Waals surface area contributed by atoms with Crippen LogP contribution in [0.3, 0.4) is 0 Å². The molecule has 9 heteroatoms. The third kappa shape index (κ3) is 7.20. The number of primary amides is 1. The molecule has 0 spiro atoms. The maximum atomic E-state index is 12.0. The Balaban J connectivity index is 1.77. The number of nitrogens with one attached hydrogen (secondary N) is 1. The number of carbonyl (C=O) groups excluding carboxylic acids is 3. The fraction of sp³-hybridized carbons (Fsp3) is 0.211. The molecule has 2 rings (SSSR count). The van der Waals surface area contributed by atoms with Gasteiger partial charge in [-0.25, -0.2) is 4.79 Å². The summed E-state index contributed by atoms with van der Waals surface area (Å²) >= 11 is 1.20. The number of hydrogen-bond donors (Lipinski definition) is 2. The highest BCUT2D eigenvalue weighted by Crippen LogP contribution is 2.26. The first-order valence-electron chi connectivity index (χ1n) is 8.20. The number of carbonyl (C=O) groups is 3. The van der Waals surface area contributed by atoms with Crippen molar-refractivity contribution < 1.29 is 28.6 Å². The molecule has 0 radical (unpaired) electrons. The Hall–Kier alpha value is -3.20. The number of nitrogens with two attached hydrogens (primary N) is 1. The van der Waals surface area contributed by atoms with Gasteiger partial charge in [0.1, 0.15) is 11.5 Å². The van der Waals surface area contributed by atoms with E-state index in [-0.39, 0.29) is 12.4 Å². The van der Waals surface area contributed by atoms with Crippen LogP contribution in [0.25, 0.3) is 0 Å². The van der Waals surface area contributed by atoms with Gasteiger partial charge in [0.05, 0.1) is 18.6 Å². The van der Waals surface area contributed by atoms with E-state index in [1.165, 1.54) is 11.8 Å². The predicted octanol–water partition coefficient (Wildman–Crippen LogP) is 1.83. The van der Waals surface area contributed by atoms with E-state index in [1.807, 2.05) is 0 Å². The monoisotopic (exact) mass is 404 g/mol. The van der Waals surface area contributed by atoms with E-state index in [0.29, 0.717) is 22.1 Å². The van der Waals surface area contributed by atoms with Crippen molar-refractivity contribution in [2.24, 2.45) is 5.73 Å². The number of amides is 2. The van der Waals surface area contributed by atoms with Crippen molar-refractivity contribution in [1.82, 2.24) is 0 Å². The van der Waals surface area contributed by atoms with Gasteiger partial charge < -0.3 is 25.3 Å². The second-order valence-electron chi connectivity index (χ2n) is 5.42. The molecular formula is C19H20N2O6S. The molecule has 0 unspecified atom stereocenters. The molecule has 28 heavy (non-hydrogen) atoms. The maximum absolute atomic E-state index is 12.0. The molecule has 148 valence electrons. The molecule has 3 N–H and O–H groups in total. The van der Waals surface area contributed by atoms with E-state index in [4.69, 9.17) is 19.9 Å². The smallest absolute Gasteiger partial charge is 0.344 e. The highest BCUT2D eigenvalue weighted by molar-refractivity contribution is 8.00. The molecule has 8 nitrogen and oxygen atoms in total. The molecule has 0 saturated heterocycles. The lowest BCUT2D eigenvalue weighted by Gasteiger charge is -2.11. The van der Waals surface area contributed by atoms with Crippen LogP contribution in [0.15, 0.2) is 53.4 Å². The van der Waals surface area contributed by atoms with Crippen LogP contribution >= 0.6 is 11.8 Å². The lowest BCUT2D eigenvalue weighted by atomic mass is 10.3. The van der Waals surface area contributed by atoms with Crippen molar-refractivity contribution in [1.29, 1.82) is 0 Å². The molecule has 0 aliphatic carbocycles. The minimum absolute atomic E-state index is 0.0879. The van der Waals surface area contributed by atoms with Crippen LogP contribution < -0.4 is 20.5 Å². The first-order valence-corrected chi connectivity index (χ1v) is 9.19. The van der Waals surface area contributed by atoms with Gasteiger partial charge in [-0.05, 0) is 36.4 Å². The summed E-state index contributed by atoms with van der Waals surface area (Å²) in [4.78, 5) is 35.3. The summed E-state index contributed by atoms with van der Waals surface area (Å²) < 4.78 is 15.2. The molecule has 0 aliphatic rings. The Morgan fingerprint density at radius 1 is 1.00 bits per heavy atom. The number of methoxy groups -OCH3 is 1. The fourth-order valence-corrected chi connectivity index (χ4v) is 2.78. The molecule has 0 fully saturated rings. The van der Waals surface area contributed by atoms with E-state index < -0.39 is 24.4 Å². The molecule has 0 aliphatic heterocycles. The van der Waals surface area contributed by atoms with Crippen LogP contribution in [0.5, 0.6) is 11.5 Å². The number of esters is 1. The minimum Gasteiger partial charge on any atom is -0.497 e. The largest absolute Gasteiger partial charge is 0.497 e. The fourth-order valence-electron chi connectivity index (χ4n) is 2.03. The Morgan fingerprint density at radius 2 is 1.68 bits per heavy atom. The first-order chi connectivity index (χ1) is 13.5. The molecule has 0 saturated carbocycles. The standard InChI is InChI=1S/C19H20N2O6S/c1-25-13-6-8-14(9-7-13)26-11-19(24)27-10-18(23)21-15-4-2-3-5-16(15)28-12-17(20)22/h2-9H,10-12H2,1H3,(H2,20,22)(H,21,23). The second-order valence-corrected chi connectivity index (χ2v) is 6.44. The normalized spacial score (nSPS) is 10.0. The number of ether oxygens (including phenoxy) is 3. The van der Waals surface area contributed by atoms with Crippen molar-refractivity contribution in [2.45, 2.75) is 4.90 Å². The molecule has 0 heterocycles. The quantitative estimate of drug-likeness (QED) is 0.458. The van der Waals surface area contributed by atoms with E-state index in [0.717, 1.165) is 0 Å². The Labute approximate surface area is 166 Å². The summed E-state index contributed by atoms with van der Waals surface area (Å²) in [6.45, 7) is -0.787. The van der Waals surface area contributed by atoms with Crippen molar-refractivity contribution in [2.75, 3.05) is 31.4 Å². The third-order valence-corrected chi connectivity index (χ3v) is 4.41. The lowest BCUT2D eigenvalue weighted by molar-refractivity contribution is -0.149. The first kappa shape index (κ1) is 21.1. The van der Waals surface area contributed by atoms with Gasteiger partial charge in [0.25, 0.3) is 5.91 Å². The minimum atomic E-state index is -0.678. The zero-order valence-electron chi connectivity index (χ0n) is 15.2. The summed E-state index contributed by atoms with van der Waals surface area (Å²) in [5.41, 5.74) is 5.64. The molecule has 0 bridgehead atoms. The van der Waals surface area contributed by atoms with Crippen molar-refractivity contribution in [3.8, 4) is 11.5 Å². The molecular weight excluding hydrogens is 384 g/mol. The molecule has 0 atom stereocenters. The van der Waals surface area contributed by atoms with Crippen LogP contribution in [0.1, 0.15) is 0 Å². The van der Waals surface area contributed by atoms with Crippen molar-refractivity contribution in [3.63, 3.8) is 0 Å². The van der Waals surface area contributed by atoms with Gasteiger partial charge >= 0.3 is 5.97 Å². The SMILES string of the molecule is COc1ccc(OCC(=O)OCC(=O)Nc2ccccc2SCC(N)=O)cc1. The van der Waals surface area contributed by atoms with Crippen LogP contribution in [-0.4, -0.2) is 43.9 Å². The zero-order valence-corrected chi connectivity index (χ0v) is 16.0. The van der Waals surface area contributed by atoms with Gasteiger partial charge in [-0.3, -0.25) is 9.59 Å². The molecule has 2 aromatic carbocycles. The topological polar surface area (TPSA) is 117 Å². The van der Waals surface area contributed by atoms with Gasteiger partial charge in [-0.15, -0.1) is 11.8 Å². The zero-order chi connectivity index (χ0) is 20.4. The van der Waals surface area contributed by atoms with Gasteiger partial charge in [0.2, 0.25) is 5.91 Å². The van der Waals surface area contributed by atoms with Gasteiger partial charge in [0, 0.05) is 4.90 Å². The number of rotatable bonds is 10. The Bertz CT molecular complexity index is 825. The summed E-state index contributed by atoms with van der Waals surface area (Å²) in [6.07, 6.45) is 0. The number of benzene rings is 2. The van der Waals surface area contributed by atoms with Crippen molar-refractivity contribution >= 4 is 35.2 Å². The summed E-state index contributed by atoms with van der Waals surface area (Å²) in [7, 11) is 1.55. The Kier molecular flexibility index (Phi) is 8.16. The number of hydrogen-bond acceptors (Lipinski definition) is 7. The summed E-state index contributed by atoms with van der Waals surface area (Å²) in [5.74, 6) is -0.419. The molecule has 2 aromatic rings. The van der Waals surface area contributed by atoms with Crippen molar-refractivity contribution in [3.05, 3.63) is 48.5 Å². The van der Waals surface area contributed by atoms with E-state index in [1.54, 1.807) is 55.6 Å². The highest BCUT2D eigenvalue weighted by Gasteiger charge is 2.11. The number of para-hydroxylation sites is 1. The lowest BCUT2D eigenvalue weighted by Crippen LogP contribution is -2.24. The summed E-state index contributed by atoms with van der Waals surface area (Å²) in [6, 6.07) is 13.6. The highest BCUT2D eigenvalue weighted by atomic mass is 32.2. The maximum Gasteiger partial charge on any atom is 0.344 e. The van der Waals surface area contributed by atoms with Crippen LogP contribution in [0.2, 0.25) is 0 Å². The average Bonchev–Trinajstić information content (AvgIpc) is 2.70. The van der Waals surface area contributed by atoms with E-state index in [2.05, 4.69) is 5.32 Å². The van der Waals surface area contributed by atoms with E-state index >= 15 is 0 Å². The average molecular weight is 404 g/mol. The van der Waals surface area contributed by atoms with Gasteiger partial charge in [-0.2, -0.15) is 0 Å². The number of anilines is 1. The van der Waals surface area contributed by atoms with E-state index in [9.17, 15) is 14.4 Å². The second kappa shape index (κ2) is 10.8. The van der Waals surface area contributed by atoms with Crippen LogP contribution in [0, 0.1) is 0 Å². The molecule has 2 amide bonds. The van der Waals surface area contributed by atoms with Crippen LogP contribution in [0.4, 0.5) is 5.69 Å². The molecule has 0 aromatic heterocycles. The Morgan fingerprint density at radius 3 is 2.36 bits per heavy atom. The number of thioether (sulfide) groups is 1. The van der Waals surface area contributed by atoms with Crippen LogP contribution in [-0.2, 0) is 19.1 Å².